The van der Waals surface area contributed by atoms with Gasteiger partial charge < -0.3 is 15.1 Å². The second-order valence-electron chi connectivity index (χ2n) is 6.65. The minimum Gasteiger partial charge on any atom is -0.451 e. The molecule has 27 heavy (non-hydrogen) atoms. The lowest BCUT2D eigenvalue weighted by Gasteiger charge is -2.09. The van der Waals surface area contributed by atoms with Crippen LogP contribution in [0, 0.1) is 5.92 Å². The minimum atomic E-state index is -0.519. The van der Waals surface area contributed by atoms with Gasteiger partial charge in [0.15, 0.2) is 11.2 Å². The van der Waals surface area contributed by atoms with Crippen LogP contribution in [0.3, 0.4) is 0 Å². The largest absolute Gasteiger partial charge is 0.451 e. The predicted molar refractivity (Wildman–Crippen MR) is 105 cm³/mol. The van der Waals surface area contributed by atoms with Crippen molar-refractivity contribution in [3.63, 3.8) is 0 Å². The van der Waals surface area contributed by atoms with Gasteiger partial charge in [0.2, 0.25) is 5.91 Å². The van der Waals surface area contributed by atoms with Gasteiger partial charge >= 0.3 is 0 Å². The number of rotatable bonds is 5. The second-order valence-corrected chi connectivity index (χ2v) is 6.65. The van der Waals surface area contributed by atoms with Crippen molar-refractivity contribution in [2.75, 3.05) is 10.6 Å². The predicted octanol–water partition coefficient (Wildman–Crippen LogP) is 4.03. The van der Waals surface area contributed by atoms with Crippen molar-refractivity contribution in [1.82, 2.24) is 0 Å². The van der Waals surface area contributed by atoms with Crippen molar-refractivity contribution in [3.8, 4) is 0 Å². The third-order valence-electron chi connectivity index (χ3n) is 3.88. The van der Waals surface area contributed by atoms with Gasteiger partial charge in [0, 0.05) is 23.9 Å². The van der Waals surface area contributed by atoms with Crippen LogP contribution in [-0.2, 0) is 4.79 Å². The summed E-state index contributed by atoms with van der Waals surface area (Å²) in [5, 5.41) is 5.91. The molecule has 0 aliphatic carbocycles. The Hall–Kier alpha value is -3.41. The number of hydrogen-bond acceptors (Lipinski definition) is 4. The first-order valence-corrected chi connectivity index (χ1v) is 8.66. The normalized spacial score (nSPS) is 10.8. The lowest BCUT2D eigenvalue weighted by molar-refractivity contribution is -0.116. The van der Waals surface area contributed by atoms with E-state index in [1.807, 2.05) is 13.8 Å². The van der Waals surface area contributed by atoms with E-state index in [1.165, 1.54) is 6.07 Å². The van der Waals surface area contributed by atoms with Gasteiger partial charge in [0.25, 0.3) is 5.91 Å². The fraction of sp³-hybridized carbons (Fsp3) is 0.190. The first kappa shape index (κ1) is 18.4. The Morgan fingerprint density at radius 1 is 0.963 bits per heavy atom. The Balaban J connectivity index is 1.71. The fourth-order valence-corrected chi connectivity index (χ4v) is 2.63. The van der Waals surface area contributed by atoms with Crippen LogP contribution in [0.4, 0.5) is 11.4 Å². The number of hydrogen-bond donors (Lipinski definition) is 2. The van der Waals surface area contributed by atoms with Crippen molar-refractivity contribution in [2.24, 2.45) is 5.92 Å². The van der Waals surface area contributed by atoms with Gasteiger partial charge in [-0.2, -0.15) is 0 Å². The van der Waals surface area contributed by atoms with E-state index in [0.717, 1.165) is 0 Å². The maximum Gasteiger partial charge on any atom is 0.291 e. The van der Waals surface area contributed by atoms with Crippen molar-refractivity contribution < 1.29 is 14.0 Å². The molecule has 0 atom stereocenters. The van der Waals surface area contributed by atoms with Crippen LogP contribution in [0.25, 0.3) is 11.0 Å². The number of anilines is 2. The van der Waals surface area contributed by atoms with E-state index in [-0.39, 0.29) is 23.0 Å². The average molecular weight is 364 g/mol. The molecule has 0 aliphatic heterocycles. The third-order valence-corrected chi connectivity index (χ3v) is 3.88. The number of fused-ring (bicyclic) bond motifs is 1. The molecule has 0 radical (unpaired) electrons. The molecule has 0 bridgehead atoms. The molecule has 1 heterocycles. The SMILES string of the molecule is CC(C)CC(=O)Nc1ccc(NC(=O)c2cc(=O)c3ccccc3o2)cc1. The molecule has 3 aromatic rings. The highest BCUT2D eigenvalue weighted by atomic mass is 16.3. The second kappa shape index (κ2) is 7.86. The summed E-state index contributed by atoms with van der Waals surface area (Å²) >= 11 is 0. The van der Waals surface area contributed by atoms with Crippen LogP contribution >= 0.6 is 0 Å². The molecule has 0 spiro atoms. The van der Waals surface area contributed by atoms with Gasteiger partial charge in [-0.15, -0.1) is 0 Å². The van der Waals surface area contributed by atoms with Crippen LogP contribution in [0.5, 0.6) is 0 Å². The molecule has 2 N–H and O–H groups in total. The molecule has 0 saturated heterocycles. The number of amides is 2. The maximum absolute atomic E-state index is 12.4. The zero-order valence-corrected chi connectivity index (χ0v) is 15.1. The van der Waals surface area contributed by atoms with E-state index in [0.29, 0.717) is 28.8 Å². The van der Waals surface area contributed by atoms with Crippen molar-refractivity contribution in [2.45, 2.75) is 20.3 Å². The molecule has 3 rings (SSSR count). The van der Waals surface area contributed by atoms with E-state index >= 15 is 0 Å². The molecule has 138 valence electrons. The Kier molecular flexibility index (Phi) is 5.35. The van der Waals surface area contributed by atoms with Gasteiger partial charge in [0.05, 0.1) is 5.39 Å². The van der Waals surface area contributed by atoms with Crippen molar-refractivity contribution >= 4 is 34.2 Å². The van der Waals surface area contributed by atoms with E-state index in [4.69, 9.17) is 4.42 Å². The molecule has 0 unspecified atom stereocenters. The van der Waals surface area contributed by atoms with E-state index in [2.05, 4.69) is 10.6 Å². The van der Waals surface area contributed by atoms with Gasteiger partial charge in [-0.1, -0.05) is 26.0 Å². The molecular formula is C21H20N2O4. The summed E-state index contributed by atoms with van der Waals surface area (Å²) in [7, 11) is 0. The molecular weight excluding hydrogens is 344 g/mol. The summed E-state index contributed by atoms with van der Waals surface area (Å²) < 4.78 is 5.52. The highest BCUT2D eigenvalue weighted by Gasteiger charge is 2.12. The van der Waals surface area contributed by atoms with Crippen LogP contribution in [0.1, 0.15) is 30.8 Å². The van der Waals surface area contributed by atoms with Crippen LogP contribution < -0.4 is 16.1 Å². The standard InChI is InChI=1S/C21H20N2O4/c1-13(2)11-20(25)22-14-7-9-15(10-8-14)23-21(26)19-12-17(24)16-5-3-4-6-18(16)27-19/h3-10,12-13H,11H2,1-2H3,(H,22,25)(H,23,26). The average Bonchev–Trinajstić information content (AvgIpc) is 2.62. The lowest BCUT2D eigenvalue weighted by atomic mass is 10.1. The number of carbonyl (C=O) groups excluding carboxylic acids is 2. The summed E-state index contributed by atoms with van der Waals surface area (Å²) in [6, 6.07) is 14.7. The molecule has 2 aromatic carbocycles. The molecule has 6 heteroatoms. The monoisotopic (exact) mass is 364 g/mol. The molecule has 0 saturated carbocycles. The Morgan fingerprint density at radius 3 is 2.26 bits per heavy atom. The third kappa shape index (κ3) is 4.61. The summed E-state index contributed by atoms with van der Waals surface area (Å²) in [5.41, 5.74) is 1.26. The molecule has 0 fully saturated rings. The number of nitrogens with one attached hydrogen (secondary N) is 2. The quantitative estimate of drug-likeness (QED) is 0.715. The number of carbonyl (C=O) groups is 2. The van der Waals surface area contributed by atoms with Crippen LogP contribution in [-0.4, -0.2) is 11.8 Å². The zero-order chi connectivity index (χ0) is 19.4. The Morgan fingerprint density at radius 2 is 1.59 bits per heavy atom. The van der Waals surface area contributed by atoms with E-state index in [1.54, 1.807) is 48.5 Å². The summed E-state index contributed by atoms with van der Waals surface area (Å²) in [6.45, 7) is 3.95. The van der Waals surface area contributed by atoms with Gasteiger partial charge in [-0.25, -0.2) is 0 Å². The highest BCUT2D eigenvalue weighted by molar-refractivity contribution is 6.03. The topological polar surface area (TPSA) is 88.4 Å². The lowest BCUT2D eigenvalue weighted by Crippen LogP contribution is -2.15. The van der Waals surface area contributed by atoms with E-state index in [9.17, 15) is 14.4 Å². The number of para-hydroxylation sites is 1. The number of benzene rings is 2. The molecule has 0 aliphatic rings. The van der Waals surface area contributed by atoms with Crippen LogP contribution in [0.2, 0.25) is 0 Å². The van der Waals surface area contributed by atoms with Gasteiger partial charge in [0.1, 0.15) is 5.58 Å². The zero-order valence-electron chi connectivity index (χ0n) is 15.1. The maximum atomic E-state index is 12.4. The molecule has 1 aromatic heterocycles. The Labute approximate surface area is 156 Å². The van der Waals surface area contributed by atoms with Gasteiger partial charge in [-0.3, -0.25) is 14.4 Å². The summed E-state index contributed by atoms with van der Waals surface area (Å²) in [5.74, 6) is -0.359. The fourth-order valence-electron chi connectivity index (χ4n) is 2.63. The summed E-state index contributed by atoms with van der Waals surface area (Å²) in [4.78, 5) is 36.3. The Bertz CT molecular complexity index is 1040. The van der Waals surface area contributed by atoms with Crippen LogP contribution in [0.15, 0.2) is 63.8 Å². The first-order chi connectivity index (χ1) is 12.9. The van der Waals surface area contributed by atoms with Crippen molar-refractivity contribution in [1.29, 1.82) is 0 Å². The minimum absolute atomic E-state index is 0.0558. The first-order valence-electron chi connectivity index (χ1n) is 8.66. The highest BCUT2D eigenvalue weighted by Crippen LogP contribution is 2.17. The van der Waals surface area contributed by atoms with E-state index < -0.39 is 5.91 Å². The van der Waals surface area contributed by atoms with Crippen molar-refractivity contribution in [3.05, 3.63) is 70.6 Å². The van der Waals surface area contributed by atoms with Gasteiger partial charge in [-0.05, 0) is 42.3 Å². The molecule has 6 nitrogen and oxygen atoms in total. The smallest absolute Gasteiger partial charge is 0.291 e. The molecule has 2 amide bonds. The summed E-state index contributed by atoms with van der Waals surface area (Å²) in [6.07, 6.45) is 0.444.